The summed E-state index contributed by atoms with van der Waals surface area (Å²) < 4.78 is 0. The van der Waals surface area contributed by atoms with Gasteiger partial charge in [0.25, 0.3) is 0 Å². The highest BCUT2D eigenvalue weighted by molar-refractivity contribution is 6.13. The molecule has 0 atom stereocenters. The van der Waals surface area contributed by atoms with E-state index in [1.807, 2.05) is 44.3 Å². The standard InChI is InChI=1S/C27H24N2/c1-4-5-6-11-20(3)29-27-19(2)16-22(18-28-27)26-17-21-12-7-8-13-23(21)24-14-9-10-15-25(24)26/h4-18H,1-3H3/b5-4-,11-6-,29-20+. The lowest BCUT2D eigenvalue weighted by atomic mass is 9.93. The van der Waals surface area contributed by atoms with E-state index in [-0.39, 0.29) is 0 Å². The molecule has 2 nitrogen and oxygen atoms in total. The fraction of sp³-hybridized carbons (Fsp3) is 0.111. The zero-order valence-electron chi connectivity index (χ0n) is 17.1. The molecule has 4 aromatic rings. The van der Waals surface area contributed by atoms with Crippen molar-refractivity contribution in [2.45, 2.75) is 20.8 Å². The lowest BCUT2D eigenvalue weighted by molar-refractivity contribution is 1.22. The van der Waals surface area contributed by atoms with Crippen molar-refractivity contribution in [3.05, 3.63) is 96.7 Å². The molecule has 29 heavy (non-hydrogen) atoms. The number of aliphatic imine (C=N–C) groups is 1. The van der Waals surface area contributed by atoms with Gasteiger partial charge in [-0.15, -0.1) is 0 Å². The van der Waals surface area contributed by atoms with Gasteiger partial charge in [0.2, 0.25) is 0 Å². The highest BCUT2D eigenvalue weighted by Gasteiger charge is 2.10. The van der Waals surface area contributed by atoms with Crippen LogP contribution in [-0.4, -0.2) is 10.7 Å². The van der Waals surface area contributed by atoms with Crippen molar-refractivity contribution in [1.82, 2.24) is 4.98 Å². The third-order valence-corrected chi connectivity index (χ3v) is 5.05. The van der Waals surface area contributed by atoms with Gasteiger partial charge < -0.3 is 0 Å². The molecule has 0 aliphatic carbocycles. The lowest BCUT2D eigenvalue weighted by Crippen LogP contribution is -1.90. The number of fused-ring (bicyclic) bond motifs is 3. The number of nitrogens with zero attached hydrogens (tertiary/aromatic N) is 2. The van der Waals surface area contributed by atoms with E-state index in [4.69, 9.17) is 0 Å². The molecule has 0 saturated heterocycles. The van der Waals surface area contributed by atoms with Gasteiger partial charge in [-0.2, -0.15) is 0 Å². The summed E-state index contributed by atoms with van der Waals surface area (Å²) in [5.41, 5.74) is 4.32. The Bertz CT molecular complexity index is 1280. The van der Waals surface area contributed by atoms with Crippen LogP contribution in [0.3, 0.4) is 0 Å². The van der Waals surface area contributed by atoms with E-state index >= 15 is 0 Å². The second-order valence-corrected chi connectivity index (χ2v) is 7.19. The van der Waals surface area contributed by atoms with E-state index in [0.29, 0.717) is 0 Å². The zero-order chi connectivity index (χ0) is 20.2. The van der Waals surface area contributed by atoms with E-state index < -0.39 is 0 Å². The first-order valence-corrected chi connectivity index (χ1v) is 9.89. The van der Waals surface area contributed by atoms with Gasteiger partial charge in [0.15, 0.2) is 5.82 Å². The largest absolute Gasteiger partial charge is 0.236 e. The molecule has 142 valence electrons. The van der Waals surface area contributed by atoms with Gasteiger partial charge in [-0.25, -0.2) is 9.98 Å². The molecule has 1 aromatic heterocycles. The first-order chi connectivity index (χ1) is 14.2. The molecule has 3 aromatic carbocycles. The van der Waals surface area contributed by atoms with Crippen LogP contribution in [0.15, 0.2) is 96.2 Å². The second kappa shape index (κ2) is 8.24. The van der Waals surface area contributed by atoms with Crippen molar-refractivity contribution in [2.24, 2.45) is 4.99 Å². The Morgan fingerprint density at radius 1 is 0.897 bits per heavy atom. The molecule has 0 radical (unpaired) electrons. The molecule has 0 N–H and O–H groups in total. The molecule has 4 rings (SSSR count). The van der Waals surface area contributed by atoms with Crippen molar-refractivity contribution in [3.63, 3.8) is 0 Å². The smallest absolute Gasteiger partial charge is 0.154 e. The van der Waals surface area contributed by atoms with Gasteiger partial charge >= 0.3 is 0 Å². The first kappa shape index (κ1) is 18.8. The molecule has 0 aliphatic heterocycles. The number of allylic oxidation sites excluding steroid dienone is 4. The van der Waals surface area contributed by atoms with Gasteiger partial charge in [-0.1, -0.05) is 66.8 Å². The SMILES string of the molecule is C\C=C/C=C\C(C)=N\c1ncc(-c2cc3ccccc3c3ccccc23)cc1C. The van der Waals surface area contributed by atoms with Crippen molar-refractivity contribution >= 4 is 33.1 Å². The topological polar surface area (TPSA) is 25.2 Å². The fourth-order valence-corrected chi connectivity index (χ4v) is 3.64. The van der Waals surface area contributed by atoms with E-state index in [9.17, 15) is 0 Å². The normalized spacial score (nSPS) is 12.6. The van der Waals surface area contributed by atoms with Crippen LogP contribution in [-0.2, 0) is 0 Å². The third-order valence-electron chi connectivity index (χ3n) is 5.05. The molecule has 0 fully saturated rings. The van der Waals surface area contributed by atoms with Crippen LogP contribution in [0.2, 0.25) is 0 Å². The Morgan fingerprint density at radius 3 is 2.38 bits per heavy atom. The summed E-state index contributed by atoms with van der Waals surface area (Å²) >= 11 is 0. The number of pyridine rings is 1. The Kier molecular flexibility index (Phi) is 5.35. The average Bonchev–Trinajstić information content (AvgIpc) is 2.75. The Labute approximate surface area is 172 Å². The number of benzene rings is 3. The Balaban J connectivity index is 1.82. The maximum Gasteiger partial charge on any atom is 0.154 e. The van der Waals surface area contributed by atoms with Crippen molar-refractivity contribution in [1.29, 1.82) is 0 Å². The van der Waals surface area contributed by atoms with Crippen LogP contribution in [0.5, 0.6) is 0 Å². The molecular weight excluding hydrogens is 352 g/mol. The minimum absolute atomic E-state index is 0.765. The van der Waals surface area contributed by atoms with Crippen LogP contribution in [0, 0.1) is 6.92 Å². The zero-order valence-corrected chi connectivity index (χ0v) is 17.1. The molecule has 0 aliphatic rings. The van der Waals surface area contributed by atoms with Crippen LogP contribution in [0.25, 0.3) is 32.7 Å². The number of hydrogen-bond acceptors (Lipinski definition) is 2. The average molecular weight is 377 g/mol. The summed E-state index contributed by atoms with van der Waals surface area (Å²) in [6.45, 7) is 6.06. The van der Waals surface area contributed by atoms with E-state index in [0.717, 1.165) is 22.7 Å². The number of rotatable bonds is 4. The van der Waals surface area contributed by atoms with Crippen molar-refractivity contribution in [2.75, 3.05) is 0 Å². The van der Waals surface area contributed by atoms with Gasteiger partial charge in [0, 0.05) is 17.5 Å². The molecule has 0 bridgehead atoms. The van der Waals surface area contributed by atoms with E-state index in [1.165, 1.54) is 27.1 Å². The molecule has 2 heteroatoms. The van der Waals surface area contributed by atoms with Crippen LogP contribution >= 0.6 is 0 Å². The summed E-state index contributed by atoms with van der Waals surface area (Å²) in [4.78, 5) is 9.33. The second-order valence-electron chi connectivity index (χ2n) is 7.19. The lowest BCUT2D eigenvalue weighted by Gasteiger charge is -2.12. The Hall–Kier alpha value is -3.52. The molecular formula is C27H24N2. The van der Waals surface area contributed by atoms with Crippen LogP contribution in [0.1, 0.15) is 19.4 Å². The van der Waals surface area contributed by atoms with E-state index in [2.05, 4.69) is 77.6 Å². The monoisotopic (exact) mass is 376 g/mol. The number of aryl methyl sites for hydroxylation is 1. The molecule has 0 spiro atoms. The predicted octanol–water partition coefficient (Wildman–Crippen LogP) is 7.59. The third kappa shape index (κ3) is 3.88. The Morgan fingerprint density at radius 2 is 1.62 bits per heavy atom. The number of aromatic nitrogens is 1. The minimum atomic E-state index is 0.765. The summed E-state index contributed by atoms with van der Waals surface area (Å²) in [6, 6.07) is 21.6. The minimum Gasteiger partial charge on any atom is -0.236 e. The summed E-state index contributed by atoms with van der Waals surface area (Å²) in [7, 11) is 0. The summed E-state index contributed by atoms with van der Waals surface area (Å²) in [6.07, 6.45) is 9.91. The van der Waals surface area contributed by atoms with Crippen molar-refractivity contribution < 1.29 is 0 Å². The van der Waals surface area contributed by atoms with Crippen LogP contribution in [0.4, 0.5) is 5.82 Å². The summed E-state index contributed by atoms with van der Waals surface area (Å²) in [5, 5.41) is 5.03. The van der Waals surface area contributed by atoms with Crippen LogP contribution < -0.4 is 0 Å². The quantitative estimate of drug-likeness (QED) is 0.205. The molecule has 0 amide bonds. The highest BCUT2D eigenvalue weighted by Crippen LogP contribution is 2.35. The van der Waals surface area contributed by atoms with Gasteiger partial charge in [-0.3, -0.25) is 0 Å². The fourth-order valence-electron chi connectivity index (χ4n) is 3.64. The van der Waals surface area contributed by atoms with Gasteiger partial charge in [0.1, 0.15) is 0 Å². The molecule has 0 saturated carbocycles. The molecule has 0 unspecified atom stereocenters. The van der Waals surface area contributed by atoms with Gasteiger partial charge in [-0.05, 0) is 71.7 Å². The maximum absolute atomic E-state index is 4.67. The van der Waals surface area contributed by atoms with Crippen molar-refractivity contribution in [3.8, 4) is 11.1 Å². The molecule has 1 heterocycles. The predicted molar refractivity (Wildman–Crippen MR) is 126 cm³/mol. The summed E-state index contributed by atoms with van der Waals surface area (Å²) in [5.74, 6) is 0.765. The number of hydrogen-bond donors (Lipinski definition) is 0. The maximum atomic E-state index is 4.67. The van der Waals surface area contributed by atoms with E-state index in [1.54, 1.807) is 0 Å². The first-order valence-electron chi connectivity index (χ1n) is 9.89. The van der Waals surface area contributed by atoms with Gasteiger partial charge in [0.05, 0.1) is 0 Å². The highest BCUT2D eigenvalue weighted by atomic mass is 14.9.